The molecular formula is C12H22N2O3. The van der Waals surface area contributed by atoms with E-state index >= 15 is 0 Å². The lowest BCUT2D eigenvalue weighted by atomic mass is 10.1. The number of rotatable bonds is 5. The number of hydrogen-bond donors (Lipinski definition) is 2. The largest absolute Gasteiger partial charge is 0.480 e. The zero-order valence-electron chi connectivity index (χ0n) is 10.6. The highest BCUT2D eigenvalue weighted by atomic mass is 16.4. The van der Waals surface area contributed by atoms with E-state index in [1.165, 1.54) is 0 Å². The second-order valence-corrected chi connectivity index (χ2v) is 4.67. The molecule has 5 nitrogen and oxygen atoms in total. The molecule has 0 aliphatic carbocycles. The van der Waals surface area contributed by atoms with Crippen LogP contribution in [0.15, 0.2) is 0 Å². The van der Waals surface area contributed by atoms with Gasteiger partial charge >= 0.3 is 12.0 Å². The highest BCUT2D eigenvalue weighted by Crippen LogP contribution is 2.16. The quantitative estimate of drug-likeness (QED) is 0.772. The fraction of sp³-hybridized carbons (Fsp3) is 0.833. The zero-order valence-corrected chi connectivity index (χ0v) is 10.6. The number of amides is 2. The summed E-state index contributed by atoms with van der Waals surface area (Å²) in [7, 11) is 0. The zero-order chi connectivity index (χ0) is 12.8. The molecule has 98 valence electrons. The summed E-state index contributed by atoms with van der Waals surface area (Å²) >= 11 is 0. The van der Waals surface area contributed by atoms with Gasteiger partial charge in [-0.05, 0) is 26.2 Å². The lowest BCUT2D eigenvalue weighted by Crippen LogP contribution is -2.48. The first-order valence-electron chi connectivity index (χ1n) is 6.36. The SMILES string of the molecule is CCCCC(NC(=O)N1CCCC1C)C(=O)O. The topological polar surface area (TPSA) is 69.6 Å². The van der Waals surface area contributed by atoms with Gasteiger partial charge in [-0.2, -0.15) is 0 Å². The molecule has 0 saturated carbocycles. The van der Waals surface area contributed by atoms with Crippen LogP contribution in [0.1, 0.15) is 46.0 Å². The fourth-order valence-corrected chi connectivity index (χ4v) is 2.13. The summed E-state index contributed by atoms with van der Waals surface area (Å²) in [5, 5.41) is 11.6. The lowest BCUT2D eigenvalue weighted by molar-refractivity contribution is -0.139. The summed E-state index contributed by atoms with van der Waals surface area (Å²) in [6.45, 7) is 4.73. The van der Waals surface area contributed by atoms with E-state index < -0.39 is 12.0 Å². The van der Waals surface area contributed by atoms with E-state index in [9.17, 15) is 9.59 Å². The van der Waals surface area contributed by atoms with Crippen molar-refractivity contribution in [3.8, 4) is 0 Å². The van der Waals surface area contributed by atoms with E-state index in [1.54, 1.807) is 4.90 Å². The van der Waals surface area contributed by atoms with Crippen LogP contribution in [0.5, 0.6) is 0 Å². The van der Waals surface area contributed by atoms with Gasteiger partial charge in [0, 0.05) is 12.6 Å². The second kappa shape index (κ2) is 6.47. The van der Waals surface area contributed by atoms with E-state index in [0.717, 1.165) is 32.2 Å². The molecule has 0 aromatic rings. The van der Waals surface area contributed by atoms with Crippen LogP contribution in [-0.4, -0.2) is 40.6 Å². The third-order valence-corrected chi connectivity index (χ3v) is 3.26. The van der Waals surface area contributed by atoms with E-state index in [4.69, 9.17) is 5.11 Å². The maximum absolute atomic E-state index is 11.9. The molecule has 2 atom stereocenters. The fourth-order valence-electron chi connectivity index (χ4n) is 2.13. The molecule has 1 aliphatic rings. The van der Waals surface area contributed by atoms with E-state index in [2.05, 4.69) is 5.32 Å². The first-order valence-corrected chi connectivity index (χ1v) is 6.36. The van der Waals surface area contributed by atoms with Crippen LogP contribution >= 0.6 is 0 Å². The van der Waals surface area contributed by atoms with Crippen LogP contribution in [0.25, 0.3) is 0 Å². The number of nitrogens with one attached hydrogen (secondary N) is 1. The first-order chi connectivity index (χ1) is 8.06. The molecule has 1 rings (SSSR count). The number of aliphatic carboxylic acids is 1. The summed E-state index contributed by atoms with van der Waals surface area (Å²) in [6.07, 6.45) is 4.24. The van der Waals surface area contributed by atoms with Gasteiger partial charge in [0.05, 0.1) is 0 Å². The van der Waals surface area contributed by atoms with Crippen LogP contribution in [0.2, 0.25) is 0 Å². The van der Waals surface area contributed by atoms with Gasteiger partial charge in [0.1, 0.15) is 6.04 Å². The average Bonchev–Trinajstić information content (AvgIpc) is 2.70. The Balaban J connectivity index is 2.48. The third kappa shape index (κ3) is 3.91. The van der Waals surface area contributed by atoms with Gasteiger partial charge < -0.3 is 15.3 Å². The van der Waals surface area contributed by atoms with Crippen LogP contribution < -0.4 is 5.32 Å². The normalized spacial score (nSPS) is 21.3. The van der Waals surface area contributed by atoms with Gasteiger partial charge in [0.15, 0.2) is 0 Å². The predicted molar refractivity (Wildman–Crippen MR) is 64.9 cm³/mol. The van der Waals surface area contributed by atoms with Crippen LogP contribution in [0, 0.1) is 0 Å². The summed E-state index contributed by atoms with van der Waals surface area (Å²) in [5.74, 6) is -0.946. The van der Waals surface area contributed by atoms with Crippen molar-refractivity contribution < 1.29 is 14.7 Å². The minimum absolute atomic E-state index is 0.218. The van der Waals surface area contributed by atoms with Gasteiger partial charge in [-0.15, -0.1) is 0 Å². The number of carboxylic acid groups (broad SMARTS) is 1. The van der Waals surface area contributed by atoms with Crippen molar-refractivity contribution in [3.63, 3.8) is 0 Å². The number of carboxylic acids is 1. The van der Waals surface area contributed by atoms with Crippen LogP contribution in [0.3, 0.4) is 0 Å². The average molecular weight is 242 g/mol. The predicted octanol–water partition coefficient (Wildman–Crippen LogP) is 1.82. The molecule has 1 heterocycles. The molecule has 1 saturated heterocycles. The first kappa shape index (κ1) is 13.8. The monoisotopic (exact) mass is 242 g/mol. The molecule has 0 spiro atoms. The number of urea groups is 1. The highest BCUT2D eigenvalue weighted by molar-refractivity contribution is 5.82. The summed E-state index contributed by atoms with van der Waals surface area (Å²) in [6, 6.07) is -0.774. The van der Waals surface area contributed by atoms with Crippen LogP contribution in [0.4, 0.5) is 4.79 Å². The molecule has 17 heavy (non-hydrogen) atoms. The minimum Gasteiger partial charge on any atom is -0.480 e. The number of carbonyl (C=O) groups excluding carboxylic acids is 1. The minimum atomic E-state index is -0.946. The van der Waals surface area contributed by atoms with Crippen molar-refractivity contribution in [1.29, 1.82) is 0 Å². The molecular weight excluding hydrogens is 220 g/mol. The van der Waals surface area contributed by atoms with Crippen LogP contribution in [-0.2, 0) is 4.79 Å². The molecule has 0 bridgehead atoms. The van der Waals surface area contributed by atoms with Gasteiger partial charge in [-0.1, -0.05) is 19.8 Å². The smallest absolute Gasteiger partial charge is 0.326 e. The standard InChI is InChI=1S/C12H22N2O3/c1-3-4-7-10(11(15)16)13-12(17)14-8-5-6-9(14)2/h9-10H,3-8H2,1-2H3,(H,13,17)(H,15,16). The Hall–Kier alpha value is -1.26. The molecule has 5 heteroatoms. The van der Waals surface area contributed by atoms with Gasteiger partial charge in [0.2, 0.25) is 0 Å². The Bertz CT molecular complexity index is 281. The molecule has 1 aliphatic heterocycles. The number of carbonyl (C=O) groups is 2. The molecule has 0 aromatic heterocycles. The van der Waals surface area contributed by atoms with Gasteiger partial charge in [-0.3, -0.25) is 0 Å². The van der Waals surface area contributed by atoms with Gasteiger partial charge in [0.25, 0.3) is 0 Å². The van der Waals surface area contributed by atoms with E-state index in [-0.39, 0.29) is 12.1 Å². The number of nitrogens with zero attached hydrogens (tertiary/aromatic N) is 1. The molecule has 0 radical (unpaired) electrons. The summed E-state index contributed by atoms with van der Waals surface area (Å²) < 4.78 is 0. The molecule has 0 aromatic carbocycles. The highest BCUT2D eigenvalue weighted by Gasteiger charge is 2.28. The van der Waals surface area contributed by atoms with Crippen molar-refractivity contribution in [2.75, 3.05) is 6.54 Å². The Morgan fingerprint density at radius 1 is 1.53 bits per heavy atom. The Kier molecular flexibility index (Phi) is 5.25. The molecule has 2 unspecified atom stereocenters. The lowest BCUT2D eigenvalue weighted by Gasteiger charge is -2.24. The van der Waals surface area contributed by atoms with Crippen molar-refractivity contribution in [1.82, 2.24) is 10.2 Å². The molecule has 2 amide bonds. The third-order valence-electron chi connectivity index (χ3n) is 3.26. The Morgan fingerprint density at radius 3 is 2.71 bits per heavy atom. The van der Waals surface area contributed by atoms with Crippen molar-refractivity contribution in [2.24, 2.45) is 0 Å². The Morgan fingerprint density at radius 2 is 2.24 bits per heavy atom. The number of likely N-dealkylation sites (tertiary alicyclic amines) is 1. The summed E-state index contributed by atoms with van der Waals surface area (Å²) in [5.41, 5.74) is 0. The molecule has 2 N–H and O–H groups in total. The maximum atomic E-state index is 11.9. The number of hydrogen-bond acceptors (Lipinski definition) is 2. The van der Waals surface area contributed by atoms with E-state index in [1.807, 2.05) is 13.8 Å². The Labute approximate surface area is 102 Å². The van der Waals surface area contributed by atoms with E-state index in [0.29, 0.717) is 6.42 Å². The van der Waals surface area contributed by atoms with Gasteiger partial charge in [-0.25, -0.2) is 9.59 Å². The van der Waals surface area contributed by atoms with Crippen molar-refractivity contribution in [2.45, 2.75) is 58.0 Å². The number of unbranched alkanes of at least 4 members (excludes halogenated alkanes) is 1. The van der Waals surface area contributed by atoms with Crippen molar-refractivity contribution >= 4 is 12.0 Å². The van der Waals surface area contributed by atoms with Crippen molar-refractivity contribution in [3.05, 3.63) is 0 Å². The molecule has 1 fully saturated rings. The maximum Gasteiger partial charge on any atom is 0.326 e. The summed E-state index contributed by atoms with van der Waals surface area (Å²) in [4.78, 5) is 24.6. The second-order valence-electron chi connectivity index (χ2n) is 4.67.